The zero-order chi connectivity index (χ0) is 28.0. The second-order valence-electron chi connectivity index (χ2n) is 10.7. The minimum atomic E-state index is -3.14. The van der Waals surface area contributed by atoms with Crippen molar-refractivity contribution in [3.05, 3.63) is 145 Å². The summed E-state index contributed by atoms with van der Waals surface area (Å²) in [7, 11) is -8.82. The van der Waals surface area contributed by atoms with Crippen molar-refractivity contribution >= 4 is 35.9 Å². The van der Waals surface area contributed by atoms with Gasteiger partial charge in [-0.1, -0.05) is 127 Å². The Labute approximate surface area is 247 Å². The van der Waals surface area contributed by atoms with Gasteiger partial charge in [-0.05, 0) is 47.7 Å². The van der Waals surface area contributed by atoms with Crippen molar-refractivity contribution in [3.63, 3.8) is 0 Å². The van der Waals surface area contributed by atoms with Gasteiger partial charge in [0.25, 0.3) is 0 Å². The highest BCUT2D eigenvalue weighted by molar-refractivity contribution is 6.83. The summed E-state index contributed by atoms with van der Waals surface area (Å²) in [6.07, 6.45) is 5.87. The second-order valence-corrected chi connectivity index (χ2v) is 21.4. The van der Waals surface area contributed by atoms with Crippen LogP contribution >= 0.6 is 0 Å². The number of rotatable bonds is 16. The predicted molar refractivity (Wildman–Crippen MR) is 178 cm³/mol. The van der Waals surface area contributed by atoms with E-state index >= 15 is 0 Å². The highest BCUT2D eigenvalue weighted by atomic mass is 28.5. The van der Waals surface area contributed by atoms with Gasteiger partial charge in [0, 0.05) is 5.54 Å². The summed E-state index contributed by atoms with van der Waals surface area (Å²) >= 11 is 0. The maximum Gasteiger partial charge on any atom is 0.473 e. The van der Waals surface area contributed by atoms with Gasteiger partial charge in [0.05, 0.1) is 0 Å². The van der Waals surface area contributed by atoms with E-state index in [0.29, 0.717) is 5.54 Å². The van der Waals surface area contributed by atoms with Crippen molar-refractivity contribution in [2.75, 3.05) is 0 Å². The molecule has 4 rings (SSSR count). The first-order chi connectivity index (χ1) is 19.6. The largest absolute Gasteiger partial charge is 0.473 e. The van der Waals surface area contributed by atoms with Gasteiger partial charge in [-0.25, -0.2) is 0 Å². The summed E-state index contributed by atoms with van der Waals surface area (Å²) in [6, 6.07) is 34.6. The van der Waals surface area contributed by atoms with Crippen LogP contribution in [0.3, 0.4) is 0 Å². The lowest BCUT2D eigenvalue weighted by atomic mass is 10.0. The summed E-state index contributed by atoms with van der Waals surface area (Å²) in [4.78, 5) is 0. The van der Waals surface area contributed by atoms with Crippen LogP contribution < -0.4 is 0 Å². The van der Waals surface area contributed by atoms with Crippen molar-refractivity contribution in [1.29, 1.82) is 0 Å². The first kappa shape index (κ1) is 30.6. The lowest BCUT2D eigenvalue weighted by Gasteiger charge is -2.43. The quantitative estimate of drug-likeness (QED) is 0.166. The van der Waals surface area contributed by atoms with Crippen molar-refractivity contribution in [3.8, 4) is 0 Å². The van der Waals surface area contributed by atoms with E-state index in [1.807, 2.05) is 0 Å². The monoisotopic (exact) mass is 600 g/mol. The minimum Gasteiger partial charge on any atom is -0.415 e. The molecule has 0 radical (unpaired) electrons. The van der Waals surface area contributed by atoms with Crippen molar-refractivity contribution < 1.29 is 12.3 Å². The van der Waals surface area contributed by atoms with Crippen molar-refractivity contribution in [1.82, 2.24) is 0 Å². The van der Waals surface area contributed by atoms with Crippen LogP contribution in [-0.2, 0) is 30.5 Å². The molecule has 0 aliphatic heterocycles. The zero-order valence-corrected chi connectivity index (χ0v) is 28.2. The van der Waals surface area contributed by atoms with E-state index in [1.165, 1.54) is 36.0 Å². The molecule has 0 spiro atoms. The maximum absolute atomic E-state index is 7.36. The molecule has 3 aromatic carbocycles. The molecule has 40 heavy (non-hydrogen) atoms. The number of hydrogen-bond acceptors (Lipinski definition) is 3. The first-order valence-electron chi connectivity index (χ1n) is 14.7. The molecule has 0 bridgehead atoms. The van der Waals surface area contributed by atoms with E-state index in [9.17, 15) is 0 Å². The molecule has 1 aliphatic rings. The van der Waals surface area contributed by atoms with Gasteiger partial charge in [0.15, 0.2) is 27.1 Å². The number of hydrogen-bond donors (Lipinski definition) is 0. The van der Waals surface area contributed by atoms with Crippen LogP contribution in [0.2, 0.25) is 5.54 Å². The Morgan fingerprint density at radius 1 is 0.550 bits per heavy atom. The third-order valence-electron chi connectivity index (χ3n) is 7.68. The van der Waals surface area contributed by atoms with E-state index in [0.717, 1.165) is 31.0 Å². The lowest BCUT2D eigenvalue weighted by Crippen LogP contribution is -2.59. The third kappa shape index (κ3) is 9.07. The molecule has 0 heterocycles. The molecule has 3 aromatic rings. The van der Waals surface area contributed by atoms with E-state index in [2.05, 4.69) is 128 Å². The van der Waals surface area contributed by atoms with E-state index in [1.54, 1.807) is 0 Å². The molecule has 3 unspecified atom stereocenters. The molecule has 0 aromatic heterocycles. The molecular formula is C33H44O3Si4. The Kier molecular flexibility index (Phi) is 12.4. The van der Waals surface area contributed by atoms with Crippen LogP contribution in [-0.4, -0.2) is 35.9 Å². The van der Waals surface area contributed by atoms with E-state index in [-0.39, 0.29) is 0 Å². The topological polar surface area (TPSA) is 27.7 Å². The van der Waals surface area contributed by atoms with Crippen LogP contribution in [0.15, 0.2) is 128 Å². The average Bonchev–Trinajstić information content (AvgIpc) is 3.02. The fraction of sp³-hybridized carbons (Fsp3) is 0.273. The van der Waals surface area contributed by atoms with Gasteiger partial charge in [-0.3, -0.25) is 0 Å². The van der Waals surface area contributed by atoms with E-state index < -0.39 is 35.9 Å². The highest BCUT2D eigenvalue weighted by Gasteiger charge is 2.52. The zero-order valence-electron chi connectivity index (χ0n) is 23.7. The van der Waals surface area contributed by atoms with Crippen LogP contribution in [0, 0.1) is 0 Å². The van der Waals surface area contributed by atoms with Gasteiger partial charge < -0.3 is 12.3 Å². The standard InChI is InChI=1S/C33H44O3Si4/c1-4-37(27-30-19-11-7-12-20-30)34-40(33-25-17-10-18-26-33,35-38(5-2)28-31-21-13-8-14-22-31)36-39(6-3)29-32-23-15-9-16-24-32/h4-9,11-16,19-24,33,37-39H,1-3,10,17-18,25-29H2. The summed E-state index contributed by atoms with van der Waals surface area (Å²) in [5.41, 5.74) is 10.4. The summed E-state index contributed by atoms with van der Waals surface area (Å²) in [5.74, 6) is 0. The predicted octanol–water partition coefficient (Wildman–Crippen LogP) is 7.00. The average molecular weight is 601 g/mol. The minimum absolute atomic E-state index is 0.309. The summed E-state index contributed by atoms with van der Waals surface area (Å²) in [6.45, 7) is 12.8. The van der Waals surface area contributed by atoms with Gasteiger partial charge in [0.2, 0.25) is 0 Å². The van der Waals surface area contributed by atoms with Crippen LogP contribution in [0.25, 0.3) is 0 Å². The molecule has 1 fully saturated rings. The Hall–Kier alpha value is -2.37. The smallest absolute Gasteiger partial charge is 0.415 e. The Balaban J connectivity index is 1.69. The van der Waals surface area contributed by atoms with Crippen LogP contribution in [0.5, 0.6) is 0 Å². The normalized spacial score (nSPS) is 17.7. The summed E-state index contributed by atoms with van der Waals surface area (Å²) < 4.78 is 22.1. The van der Waals surface area contributed by atoms with Crippen LogP contribution in [0.1, 0.15) is 48.8 Å². The molecular weight excluding hydrogens is 557 g/mol. The lowest BCUT2D eigenvalue weighted by molar-refractivity contribution is 0.232. The first-order valence-corrected chi connectivity index (χ1v) is 22.3. The Morgan fingerprint density at radius 2 is 0.875 bits per heavy atom. The Bertz CT molecular complexity index is 1040. The maximum atomic E-state index is 7.36. The third-order valence-corrected chi connectivity index (χ3v) is 21.0. The fourth-order valence-electron chi connectivity index (χ4n) is 5.52. The molecule has 0 N–H and O–H groups in total. The second kappa shape index (κ2) is 16.2. The van der Waals surface area contributed by atoms with Crippen molar-refractivity contribution in [2.24, 2.45) is 0 Å². The molecule has 210 valence electrons. The number of benzene rings is 3. The van der Waals surface area contributed by atoms with Crippen LogP contribution in [0.4, 0.5) is 0 Å². The molecule has 0 amide bonds. The summed E-state index contributed by atoms with van der Waals surface area (Å²) in [5, 5.41) is 0. The molecule has 7 heteroatoms. The van der Waals surface area contributed by atoms with Crippen molar-refractivity contribution in [2.45, 2.75) is 55.8 Å². The fourth-order valence-corrected chi connectivity index (χ4v) is 21.0. The molecule has 3 atom stereocenters. The molecule has 0 saturated heterocycles. The highest BCUT2D eigenvalue weighted by Crippen LogP contribution is 2.41. The SMILES string of the molecule is C=C[SiH](Cc1ccccc1)O[Si](O[SiH](C=C)Cc1ccccc1)(O[SiH](C=C)Cc1ccccc1)C1CCCCC1. The molecule has 1 aliphatic carbocycles. The van der Waals surface area contributed by atoms with Gasteiger partial charge in [0.1, 0.15) is 0 Å². The van der Waals surface area contributed by atoms with Gasteiger partial charge in [-0.15, -0.1) is 19.7 Å². The molecule has 1 saturated carbocycles. The molecule has 3 nitrogen and oxygen atoms in total. The Morgan fingerprint density at radius 3 is 1.18 bits per heavy atom. The van der Waals surface area contributed by atoms with Gasteiger partial charge in [-0.2, -0.15) is 0 Å². The van der Waals surface area contributed by atoms with Gasteiger partial charge >= 0.3 is 8.80 Å². The van der Waals surface area contributed by atoms with E-state index in [4.69, 9.17) is 12.3 Å².